The maximum absolute atomic E-state index is 12.9. The van der Waals surface area contributed by atoms with Crippen LogP contribution in [0, 0.1) is 0 Å². The number of benzene rings is 2. The number of nitrogens with zero attached hydrogens (tertiary/aromatic N) is 4. The van der Waals surface area contributed by atoms with Gasteiger partial charge >= 0.3 is 0 Å². The van der Waals surface area contributed by atoms with Crippen molar-refractivity contribution >= 4 is 40.5 Å². The van der Waals surface area contributed by atoms with Crippen molar-refractivity contribution < 1.29 is 14.3 Å². The largest absolute Gasteiger partial charge is 0.495 e. The molecule has 1 aromatic heterocycles. The van der Waals surface area contributed by atoms with Gasteiger partial charge in [-0.1, -0.05) is 29.8 Å². The quantitative estimate of drug-likeness (QED) is 0.446. The lowest BCUT2D eigenvalue weighted by atomic mass is 10.1. The molecule has 0 saturated carbocycles. The molecule has 0 N–H and O–H groups in total. The molecule has 1 saturated heterocycles. The molecule has 3 heterocycles. The molecular weight excluding hydrogens is 484 g/mol. The Morgan fingerprint density at radius 2 is 1.89 bits per heavy atom. The van der Waals surface area contributed by atoms with Crippen molar-refractivity contribution in [3.8, 4) is 22.7 Å². The third kappa shape index (κ3) is 5.00. The first-order chi connectivity index (χ1) is 16.9. The Hall–Kier alpha value is -3.07. The summed E-state index contributed by atoms with van der Waals surface area (Å²) in [6.45, 7) is 5.48. The second kappa shape index (κ2) is 9.89. The summed E-state index contributed by atoms with van der Waals surface area (Å²) < 4.78 is 12.9. The number of aromatic nitrogens is 2. The smallest absolute Gasteiger partial charge is 0.286 e. The highest BCUT2D eigenvalue weighted by atomic mass is 35.5. The summed E-state index contributed by atoms with van der Waals surface area (Å²) >= 11 is 7.80. The number of rotatable bonds is 4. The average molecular weight is 509 g/mol. The molecule has 2 aromatic carbocycles. The zero-order chi connectivity index (χ0) is 24.5. The number of amides is 1. The van der Waals surface area contributed by atoms with Gasteiger partial charge < -0.3 is 14.4 Å². The maximum atomic E-state index is 12.9. The van der Waals surface area contributed by atoms with E-state index in [0.717, 1.165) is 16.8 Å². The highest BCUT2D eigenvalue weighted by Crippen LogP contribution is 2.36. The van der Waals surface area contributed by atoms with E-state index < -0.39 is 0 Å². The van der Waals surface area contributed by atoms with E-state index in [-0.39, 0.29) is 18.1 Å². The molecule has 3 aromatic rings. The van der Waals surface area contributed by atoms with Crippen molar-refractivity contribution in [2.75, 3.05) is 20.2 Å². The van der Waals surface area contributed by atoms with Crippen LogP contribution in [0.1, 0.15) is 19.4 Å². The van der Waals surface area contributed by atoms with Gasteiger partial charge in [-0.15, -0.1) is 0 Å². The lowest BCUT2D eigenvalue weighted by molar-refractivity contribution is -0.113. The summed E-state index contributed by atoms with van der Waals surface area (Å²) in [5.74, 6) is 0.342. The number of amidine groups is 1. The fourth-order valence-electron chi connectivity index (χ4n) is 4.25. The molecule has 0 spiro atoms. The van der Waals surface area contributed by atoms with Gasteiger partial charge in [-0.3, -0.25) is 4.79 Å². The number of carbonyl (C=O) groups is 1. The normalized spacial score (nSPS) is 21.5. The van der Waals surface area contributed by atoms with E-state index in [0.29, 0.717) is 39.6 Å². The van der Waals surface area contributed by atoms with E-state index >= 15 is 0 Å². The van der Waals surface area contributed by atoms with Gasteiger partial charge in [0.2, 0.25) is 0 Å². The summed E-state index contributed by atoms with van der Waals surface area (Å²) in [4.78, 5) is 19.9. The highest BCUT2D eigenvalue weighted by molar-refractivity contribution is 8.18. The van der Waals surface area contributed by atoms with Crippen LogP contribution in [0.5, 0.6) is 5.75 Å². The molecular formula is C26H25ClN4O3S. The number of aliphatic imine (C=N–C) groups is 1. The van der Waals surface area contributed by atoms with Gasteiger partial charge in [0.05, 0.1) is 34.9 Å². The van der Waals surface area contributed by atoms with Gasteiger partial charge in [0.15, 0.2) is 5.17 Å². The van der Waals surface area contributed by atoms with E-state index in [1.807, 2.05) is 74.7 Å². The highest BCUT2D eigenvalue weighted by Gasteiger charge is 2.31. The fraction of sp³-hybridized carbons (Fsp3) is 0.269. The van der Waals surface area contributed by atoms with Crippen molar-refractivity contribution in [3.63, 3.8) is 0 Å². The number of hydrogen-bond donors (Lipinski definition) is 0. The van der Waals surface area contributed by atoms with Crippen LogP contribution in [0.3, 0.4) is 0 Å². The van der Waals surface area contributed by atoms with Crippen molar-refractivity contribution in [1.29, 1.82) is 0 Å². The number of methoxy groups -OCH3 is 1. The lowest BCUT2D eigenvalue weighted by Crippen LogP contribution is -2.47. The van der Waals surface area contributed by atoms with Crippen LogP contribution >= 0.6 is 23.4 Å². The van der Waals surface area contributed by atoms with Crippen LogP contribution in [0.25, 0.3) is 23.0 Å². The Morgan fingerprint density at radius 1 is 1.14 bits per heavy atom. The van der Waals surface area contributed by atoms with E-state index in [1.165, 1.54) is 11.8 Å². The van der Waals surface area contributed by atoms with Gasteiger partial charge in [0.25, 0.3) is 5.91 Å². The Bertz CT molecular complexity index is 1310. The van der Waals surface area contributed by atoms with Crippen molar-refractivity contribution in [3.05, 3.63) is 70.2 Å². The van der Waals surface area contributed by atoms with Crippen LogP contribution in [0.2, 0.25) is 5.02 Å². The number of carbonyl (C=O) groups excluding carboxylic acids is 1. The van der Waals surface area contributed by atoms with Crippen LogP contribution in [0.4, 0.5) is 0 Å². The van der Waals surface area contributed by atoms with Gasteiger partial charge in [0, 0.05) is 30.4 Å². The number of para-hydroxylation sites is 1. The number of hydrogen-bond acceptors (Lipinski definition) is 6. The Kier molecular flexibility index (Phi) is 6.69. The number of morpholine rings is 1. The van der Waals surface area contributed by atoms with Gasteiger partial charge in [-0.05, 0) is 62.0 Å². The molecule has 35 heavy (non-hydrogen) atoms. The summed E-state index contributed by atoms with van der Waals surface area (Å²) in [6.07, 6.45) is 3.94. The molecule has 0 unspecified atom stereocenters. The molecule has 5 rings (SSSR count). The van der Waals surface area contributed by atoms with E-state index in [1.54, 1.807) is 11.8 Å². The second-order valence-electron chi connectivity index (χ2n) is 8.53. The minimum absolute atomic E-state index is 0.0840. The number of halogens is 1. The van der Waals surface area contributed by atoms with Gasteiger partial charge in [-0.2, -0.15) is 10.1 Å². The SMILES string of the molecule is COc1ccc(-c2nn(-c3ccccc3)cc2/C=C2\SC(N3C[C@@H](C)O[C@@H](C)C3)=NC2=O)cc1Cl. The molecule has 0 aliphatic carbocycles. The van der Waals surface area contributed by atoms with Crippen LogP contribution < -0.4 is 4.74 Å². The van der Waals surface area contributed by atoms with E-state index in [4.69, 9.17) is 26.2 Å². The van der Waals surface area contributed by atoms with Crippen LogP contribution in [0.15, 0.2) is 64.6 Å². The van der Waals surface area contributed by atoms with Gasteiger partial charge in [0.1, 0.15) is 11.4 Å². The molecule has 2 aliphatic heterocycles. The minimum atomic E-state index is -0.247. The molecule has 2 atom stereocenters. The predicted molar refractivity (Wildman–Crippen MR) is 140 cm³/mol. The first-order valence-corrected chi connectivity index (χ1v) is 12.5. The molecule has 180 valence electrons. The Labute approximate surface area is 213 Å². The van der Waals surface area contributed by atoms with Crippen molar-refractivity contribution in [1.82, 2.24) is 14.7 Å². The molecule has 1 amide bonds. The topological polar surface area (TPSA) is 68.9 Å². The number of thioether (sulfide) groups is 1. The molecule has 2 aliphatic rings. The monoisotopic (exact) mass is 508 g/mol. The summed E-state index contributed by atoms with van der Waals surface area (Å²) in [5.41, 5.74) is 3.24. The predicted octanol–water partition coefficient (Wildman–Crippen LogP) is 5.28. The molecule has 0 radical (unpaired) electrons. The third-order valence-corrected chi connectivity index (χ3v) is 7.11. The van der Waals surface area contributed by atoms with Gasteiger partial charge in [-0.25, -0.2) is 4.68 Å². The second-order valence-corrected chi connectivity index (χ2v) is 9.95. The molecule has 0 bridgehead atoms. The van der Waals surface area contributed by atoms with E-state index in [2.05, 4.69) is 9.89 Å². The molecule has 1 fully saturated rings. The van der Waals surface area contributed by atoms with E-state index in [9.17, 15) is 4.79 Å². The summed E-state index contributed by atoms with van der Waals surface area (Å²) in [6, 6.07) is 15.4. The molecule has 9 heteroatoms. The van der Waals surface area contributed by atoms with Crippen LogP contribution in [-0.2, 0) is 9.53 Å². The Morgan fingerprint density at radius 3 is 2.57 bits per heavy atom. The minimum Gasteiger partial charge on any atom is -0.495 e. The zero-order valence-electron chi connectivity index (χ0n) is 19.6. The van der Waals surface area contributed by atoms with Crippen molar-refractivity contribution in [2.24, 2.45) is 4.99 Å². The average Bonchev–Trinajstić information content (AvgIpc) is 3.43. The molecule has 7 nitrogen and oxygen atoms in total. The first kappa shape index (κ1) is 23.7. The standard InChI is InChI=1S/C26H25ClN4O3S/c1-16-13-30(14-17(2)34-16)26-28-25(32)23(35-26)12-19-15-31(20-7-5-4-6-8-20)29-24(19)18-9-10-22(33-3)21(27)11-18/h4-12,15-17H,13-14H2,1-3H3/b23-12-/t16-,17+. The number of ether oxygens (including phenoxy) is 2. The Balaban J connectivity index is 1.51. The van der Waals surface area contributed by atoms with Crippen LogP contribution in [-0.4, -0.2) is 58.2 Å². The zero-order valence-corrected chi connectivity index (χ0v) is 21.2. The summed E-state index contributed by atoms with van der Waals surface area (Å²) in [7, 11) is 1.58. The third-order valence-electron chi connectivity index (χ3n) is 5.77. The van der Waals surface area contributed by atoms with Crippen molar-refractivity contribution in [2.45, 2.75) is 26.1 Å². The summed E-state index contributed by atoms with van der Waals surface area (Å²) in [5, 5.41) is 6.04. The fourth-order valence-corrected chi connectivity index (χ4v) is 5.43. The lowest BCUT2D eigenvalue weighted by Gasteiger charge is -2.35. The maximum Gasteiger partial charge on any atom is 0.286 e. The first-order valence-electron chi connectivity index (χ1n) is 11.3.